The van der Waals surface area contributed by atoms with Crippen LogP contribution in [0.25, 0.3) is 0 Å². The number of carbonyl (C=O) groups excluding carboxylic acids is 3. The second-order valence-corrected chi connectivity index (χ2v) is 10.1. The second kappa shape index (κ2) is 12.7. The van der Waals surface area contributed by atoms with E-state index in [0.717, 1.165) is 43.6 Å². The summed E-state index contributed by atoms with van der Waals surface area (Å²) < 4.78 is 20.3. The Bertz CT molecular complexity index is 1370. The summed E-state index contributed by atoms with van der Waals surface area (Å²) in [6, 6.07) is 10.6. The molecular formula is C28H33N5O6S. The molecule has 0 bridgehead atoms. The molecule has 0 unspecified atom stereocenters. The molecular weight excluding hydrogens is 534 g/mol. The first-order valence-electron chi connectivity index (χ1n) is 12.8. The van der Waals surface area contributed by atoms with Crippen molar-refractivity contribution in [1.29, 1.82) is 0 Å². The summed E-state index contributed by atoms with van der Waals surface area (Å²) in [6.45, 7) is 0. The number of carbonyl (C=O) groups is 3. The minimum atomic E-state index is -1.14. The van der Waals surface area contributed by atoms with E-state index in [1.54, 1.807) is 49.6 Å². The molecule has 2 aromatic carbocycles. The van der Waals surface area contributed by atoms with Crippen LogP contribution in [0.15, 0.2) is 42.5 Å². The highest BCUT2D eigenvalue weighted by atomic mass is 32.1. The standard InChI is InChI=1S/C28H33N5O6S/c1-37-18-11-9-16(10-12-18)24(27(35)31-17-7-5-4-6-8-17)33(20-14-13-19(38-2)15-21(20)39-3)28(36)25-22(29)23(26(30)34)32-40-25/h9-15,17,24H,4-8,29H2,1-3H3,(H2,30,34)(H,31,35)/t24-/m0/s1. The maximum Gasteiger partial charge on any atom is 0.273 e. The number of nitrogens with one attached hydrogen (secondary N) is 1. The first-order chi connectivity index (χ1) is 19.3. The van der Waals surface area contributed by atoms with E-state index in [2.05, 4.69) is 9.69 Å². The number of anilines is 2. The number of nitrogens with two attached hydrogens (primary N) is 2. The highest BCUT2D eigenvalue weighted by Gasteiger charge is 2.38. The summed E-state index contributed by atoms with van der Waals surface area (Å²) in [6.07, 6.45) is 4.85. The fourth-order valence-electron chi connectivity index (χ4n) is 4.82. The maximum absolute atomic E-state index is 14.3. The van der Waals surface area contributed by atoms with Crippen LogP contribution in [0, 0.1) is 0 Å². The van der Waals surface area contributed by atoms with Crippen LogP contribution in [0.1, 0.15) is 63.9 Å². The lowest BCUT2D eigenvalue weighted by Gasteiger charge is -2.34. The van der Waals surface area contributed by atoms with Crippen molar-refractivity contribution in [2.75, 3.05) is 32.0 Å². The number of hydrogen-bond acceptors (Lipinski definition) is 9. The lowest BCUT2D eigenvalue weighted by atomic mass is 9.94. The highest BCUT2D eigenvalue weighted by molar-refractivity contribution is 7.09. The number of amides is 3. The van der Waals surface area contributed by atoms with E-state index in [0.29, 0.717) is 22.7 Å². The number of hydrogen-bond donors (Lipinski definition) is 3. The predicted molar refractivity (Wildman–Crippen MR) is 152 cm³/mol. The van der Waals surface area contributed by atoms with Crippen LogP contribution in [0.4, 0.5) is 11.4 Å². The van der Waals surface area contributed by atoms with Crippen molar-refractivity contribution in [2.24, 2.45) is 5.73 Å². The number of benzene rings is 2. The van der Waals surface area contributed by atoms with Crippen LogP contribution in [0.2, 0.25) is 0 Å². The molecule has 1 aliphatic carbocycles. The van der Waals surface area contributed by atoms with Gasteiger partial charge in [0, 0.05) is 12.1 Å². The zero-order valence-electron chi connectivity index (χ0n) is 22.6. The molecule has 12 heteroatoms. The van der Waals surface area contributed by atoms with Crippen molar-refractivity contribution >= 4 is 40.6 Å². The molecule has 1 aromatic heterocycles. The van der Waals surface area contributed by atoms with Gasteiger partial charge in [-0.3, -0.25) is 19.3 Å². The Kier molecular flexibility index (Phi) is 9.10. The number of aromatic nitrogens is 1. The van der Waals surface area contributed by atoms with Crippen LogP contribution in [0.5, 0.6) is 17.2 Å². The SMILES string of the molecule is COc1ccc([C@@H](C(=O)NC2CCCCC2)N(C(=O)c2snc(C(N)=O)c2N)c2ccc(OC)cc2OC)cc1. The van der Waals surface area contributed by atoms with E-state index in [4.69, 9.17) is 25.7 Å². The summed E-state index contributed by atoms with van der Waals surface area (Å²) in [7, 11) is 4.51. The predicted octanol–water partition coefficient (Wildman–Crippen LogP) is 3.69. The third kappa shape index (κ3) is 5.96. The Hall–Kier alpha value is -4.32. The number of rotatable bonds is 10. The number of primary amides is 1. The molecule has 1 fully saturated rings. The summed E-state index contributed by atoms with van der Waals surface area (Å²) >= 11 is 0.739. The average Bonchev–Trinajstić information content (AvgIpc) is 3.37. The first kappa shape index (κ1) is 28.7. The van der Waals surface area contributed by atoms with Crippen molar-refractivity contribution in [2.45, 2.75) is 44.2 Å². The van der Waals surface area contributed by atoms with E-state index >= 15 is 0 Å². The molecule has 5 N–H and O–H groups in total. The van der Waals surface area contributed by atoms with Gasteiger partial charge in [-0.15, -0.1) is 0 Å². The summed E-state index contributed by atoms with van der Waals surface area (Å²) in [5.41, 5.74) is 12.0. The first-order valence-corrected chi connectivity index (χ1v) is 13.6. The van der Waals surface area contributed by atoms with E-state index in [1.807, 2.05) is 0 Å². The summed E-state index contributed by atoms with van der Waals surface area (Å²) in [4.78, 5) is 41.6. The Morgan fingerprint density at radius 3 is 2.20 bits per heavy atom. The maximum atomic E-state index is 14.3. The van der Waals surface area contributed by atoms with Crippen molar-refractivity contribution in [3.63, 3.8) is 0 Å². The molecule has 3 aromatic rings. The van der Waals surface area contributed by atoms with Gasteiger partial charge < -0.3 is 31.0 Å². The van der Waals surface area contributed by atoms with Crippen LogP contribution in [-0.4, -0.2) is 49.5 Å². The molecule has 40 heavy (non-hydrogen) atoms. The van der Waals surface area contributed by atoms with Crippen LogP contribution >= 0.6 is 11.5 Å². The normalized spacial score (nSPS) is 14.2. The number of nitrogens with zero attached hydrogens (tertiary/aromatic N) is 2. The molecule has 4 rings (SSSR count). The van der Waals surface area contributed by atoms with E-state index in [9.17, 15) is 14.4 Å². The molecule has 1 heterocycles. The molecule has 0 aliphatic heterocycles. The summed E-state index contributed by atoms with van der Waals surface area (Å²) in [5, 5.41) is 3.15. The third-order valence-electron chi connectivity index (χ3n) is 6.91. The molecule has 1 saturated carbocycles. The monoisotopic (exact) mass is 567 g/mol. The molecule has 1 atom stereocenters. The Morgan fingerprint density at radius 2 is 1.62 bits per heavy atom. The smallest absolute Gasteiger partial charge is 0.273 e. The van der Waals surface area contributed by atoms with E-state index in [-0.39, 0.29) is 34.0 Å². The van der Waals surface area contributed by atoms with Crippen molar-refractivity contribution in [3.8, 4) is 17.2 Å². The largest absolute Gasteiger partial charge is 0.497 e. The molecule has 0 radical (unpaired) electrons. The Labute approximate surface area is 236 Å². The van der Waals surface area contributed by atoms with Crippen molar-refractivity contribution in [1.82, 2.24) is 9.69 Å². The van der Waals surface area contributed by atoms with Gasteiger partial charge in [0.2, 0.25) is 5.91 Å². The lowest BCUT2D eigenvalue weighted by Crippen LogP contribution is -2.47. The Balaban J connectivity index is 1.90. The zero-order chi connectivity index (χ0) is 28.8. The third-order valence-corrected chi connectivity index (χ3v) is 7.76. The van der Waals surface area contributed by atoms with E-state index in [1.165, 1.54) is 19.1 Å². The van der Waals surface area contributed by atoms with Crippen LogP contribution in [0.3, 0.4) is 0 Å². The molecule has 212 valence electrons. The molecule has 0 saturated heterocycles. The van der Waals surface area contributed by atoms with Gasteiger partial charge in [0.25, 0.3) is 11.8 Å². The van der Waals surface area contributed by atoms with Gasteiger partial charge in [-0.05, 0) is 54.2 Å². The quantitative estimate of drug-likeness (QED) is 0.335. The minimum Gasteiger partial charge on any atom is -0.497 e. The molecule has 0 spiro atoms. The molecule has 11 nitrogen and oxygen atoms in total. The Morgan fingerprint density at radius 1 is 0.975 bits per heavy atom. The van der Waals surface area contributed by atoms with Gasteiger partial charge in [-0.1, -0.05) is 31.4 Å². The number of methoxy groups -OCH3 is 3. The van der Waals surface area contributed by atoms with Gasteiger partial charge in [0.1, 0.15) is 28.2 Å². The number of nitrogen functional groups attached to an aromatic ring is 1. The van der Waals surface area contributed by atoms with Crippen molar-refractivity contribution in [3.05, 3.63) is 58.6 Å². The molecule has 3 amide bonds. The average molecular weight is 568 g/mol. The van der Waals surface area contributed by atoms with Gasteiger partial charge in [-0.2, -0.15) is 4.37 Å². The highest BCUT2D eigenvalue weighted by Crippen LogP contribution is 2.40. The minimum absolute atomic E-state index is 0.0216. The lowest BCUT2D eigenvalue weighted by molar-refractivity contribution is -0.123. The van der Waals surface area contributed by atoms with E-state index < -0.39 is 17.9 Å². The fraction of sp³-hybridized carbons (Fsp3) is 0.357. The van der Waals surface area contributed by atoms with Crippen LogP contribution < -0.4 is 35.9 Å². The van der Waals surface area contributed by atoms with Crippen molar-refractivity contribution < 1.29 is 28.6 Å². The van der Waals surface area contributed by atoms with Gasteiger partial charge in [0.05, 0.1) is 32.7 Å². The van der Waals surface area contributed by atoms with Gasteiger partial charge in [-0.25, -0.2) is 0 Å². The topological polar surface area (TPSA) is 159 Å². The number of ether oxygens (including phenoxy) is 3. The summed E-state index contributed by atoms with van der Waals surface area (Å²) in [5.74, 6) is -0.507. The van der Waals surface area contributed by atoms with Crippen LogP contribution in [-0.2, 0) is 4.79 Å². The van der Waals surface area contributed by atoms with Gasteiger partial charge in [0.15, 0.2) is 5.69 Å². The second-order valence-electron chi connectivity index (χ2n) is 9.37. The molecule has 1 aliphatic rings. The zero-order valence-corrected chi connectivity index (χ0v) is 23.5. The fourth-order valence-corrected chi connectivity index (χ4v) is 5.56. The van der Waals surface area contributed by atoms with Gasteiger partial charge >= 0.3 is 0 Å².